The van der Waals surface area contributed by atoms with Crippen LogP contribution < -0.4 is 4.74 Å². The number of halogens is 5. The van der Waals surface area contributed by atoms with Crippen molar-refractivity contribution in [1.29, 1.82) is 0 Å². The lowest BCUT2D eigenvalue weighted by Gasteiger charge is -2.23. The number of methoxy groups -OCH3 is 1. The summed E-state index contributed by atoms with van der Waals surface area (Å²) in [6.07, 6.45) is -6.99. The standard InChI is InChI=1S/C26H22Cl2F3N5O5/c1-3-39-21(37)10-9-20-32-19(35-41-20)12-18-24-33-34-25(26(29,30)31)36(24)16-8-7-13(27)11-15(16)23(40-18)14-5-4-6-17(38-2)22(14)28/h4-8,11,18,23H,3,9-10,12H2,1-2H3/t18-,23-/m1/s1. The molecule has 4 aromatic rings. The summed E-state index contributed by atoms with van der Waals surface area (Å²) < 4.78 is 65.3. The number of benzene rings is 2. The van der Waals surface area contributed by atoms with Crippen LogP contribution >= 0.6 is 23.2 Å². The van der Waals surface area contributed by atoms with Gasteiger partial charge in [-0.3, -0.25) is 9.36 Å². The van der Waals surface area contributed by atoms with Crippen molar-refractivity contribution in [1.82, 2.24) is 24.9 Å². The van der Waals surface area contributed by atoms with Crippen LogP contribution in [-0.2, 0) is 33.3 Å². The van der Waals surface area contributed by atoms with Crippen molar-refractivity contribution in [3.63, 3.8) is 0 Å². The molecule has 0 N–H and O–H groups in total. The van der Waals surface area contributed by atoms with Gasteiger partial charge in [-0.25, -0.2) is 0 Å². The average molecular weight is 612 g/mol. The molecule has 0 aliphatic carbocycles. The number of alkyl halides is 3. The molecule has 2 atom stereocenters. The Kier molecular flexibility index (Phi) is 8.20. The molecule has 216 valence electrons. The predicted octanol–water partition coefficient (Wildman–Crippen LogP) is 5.88. The van der Waals surface area contributed by atoms with Crippen molar-refractivity contribution in [3.8, 4) is 11.4 Å². The lowest BCUT2D eigenvalue weighted by molar-refractivity contribution is -0.146. The normalized spacial score (nSPS) is 16.6. The van der Waals surface area contributed by atoms with Crippen LogP contribution in [0.15, 0.2) is 40.9 Å². The molecular formula is C26H22Cl2F3N5O5. The highest BCUT2D eigenvalue weighted by molar-refractivity contribution is 6.33. The van der Waals surface area contributed by atoms with Crippen LogP contribution in [0.3, 0.4) is 0 Å². The predicted molar refractivity (Wildman–Crippen MR) is 138 cm³/mol. The Morgan fingerprint density at radius 3 is 2.68 bits per heavy atom. The van der Waals surface area contributed by atoms with E-state index in [1.165, 1.54) is 25.3 Å². The minimum absolute atomic E-state index is 0.0190. The molecule has 0 saturated heterocycles. The zero-order chi connectivity index (χ0) is 29.3. The maximum Gasteiger partial charge on any atom is 0.452 e. The van der Waals surface area contributed by atoms with E-state index in [2.05, 4.69) is 20.3 Å². The Morgan fingerprint density at radius 2 is 1.95 bits per heavy atom. The summed E-state index contributed by atoms with van der Waals surface area (Å²) in [5.74, 6) is -1.19. The molecule has 41 heavy (non-hydrogen) atoms. The quantitative estimate of drug-likeness (QED) is 0.225. The fourth-order valence-corrected chi connectivity index (χ4v) is 5.00. The van der Waals surface area contributed by atoms with Crippen LogP contribution in [0.1, 0.15) is 60.0 Å². The first-order chi connectivity index (χ1) is 19.6. The van der Waals surface area contributed by atoms with Gasteiger partial charge in [-0.15, -0.1) is 10.2 Å². The summed E-state index contributed by atoms with van der Waals surface area (Å²) in [4.78, 5) is 16.0. The summed E-state index contributed by atoms with van der Waals surface area (Å²) >= 11 is 13.0. The zero-order valence-electron chi connectivity index (χ0n) is 21.6. The summed E-state index contributed by atoms with van der Waals surface area (Å²) in [7, 11) is 1.44. The van der Waals surface area contributed by atoms with Crippen molar-refractivity contribution in [2.45, 2.75) is 44.6 Å². The van der Waals surface area contributed by atoms with Gasteiger partial charge in [0.15, 0.2) is 11.6 Å². The van der Waals surface area contributed by atoms with Crippen LogP contribution in [0, 0.1) is 0 Å². The van der Waals surface area contributed by atoms with E-state index in [4.69, 9.17) is 41.9 Å². The van der Waals surface area contributed by atoms with Crippen LogP contribution in [0.25, 0.3) is 5.69 Å². The molecule has 0 spiro atoms. The van der Waals surface area contributed by atoms with E-state index >= 15 is 0 Å². The molecule has 0 saturated carbocycles. The number of aryl methyl sites for hydroxylation is 1. The average Bonchev–Trinajstić information content (AvgIpc) is 3.55. The molecule has 0 fully saturated rings. The Balaban J connectivity index is 1.60. The van der Waals surface area contributed by atoms with E-state index in [0.29, 0.717) is 16.9 Å². The van der Waals surface area contributed by atoms with Gasteiger partial charge in [0.05, 0.1) is 30.8 Å². The van der Waals surface area contributed by atoms with Crippen molar-refractivity contribution >= 4 is 29.2 Å². The number of hydrogen-bond acceptors (Lipinski definition) is 9. The second-order valence-corrected chi connectivity index (χ2v) is 9.71. The maximum absolute atomic E-state index is 14.2. The van der Waals surface area contributed by atoms with Gasteiger partial charge >= 0.3 is 12.1 Å². The van der Waals surface area contributed by atoms with Crippen molar-refractivity contribution in [3.05, 3.63) is 80.9 Å². The van der Waals surface area contributed by atoms with E-state index < -0.39 is 30.2 Å². The van der Waals surface area contributed by atoms with Gasteiger partial charge in [0.25, 0.3) is 0 Å². The minimum Gasteiger partial charge on any atom is -0.495 e. The molecule has 5 rings (SSSR count). The molecule has 10 nitrogen and oxygen atoms in total. The lowest BCUT2D eigenvalue weighted by atomic mass is 9.99. The van der Waals surface area contributed by atoms with Crippen molar-refractivity contribution < 1.29 is 36.7 Å². The zero-order valence-corrected chi connectivity index (χ0v) is 23.1. The highest BCUT2D eigenvalue weighted by Crippen LogP contribution is 2.46. The number of fused-ring (bicyclic) bond motifs is 3. The van der Waals surface area contributed by atoms with Gasteiger partial charge in [-0.2, -0.15) is 18.2 Å². The van der Waals surface area contributed by atoms with Crippen LogP contribution in [-0.4, -0.2) is 44.6 Å². The summed E-state index contributed by atoms with van der Waals surface area (Å²) in [5.41, 5.74) is 0.830. The minimum atomic E-state index is -4.84. The molecule has 3 heterocycles. The number of carbonyl (C=O) groups is 1. The monoisotopic (exact) mass is 611 g/mol. The van der Waals surface area contributed by atoms with Crippen molar-refractivity contribution in [2.24, 2.45) is 0 Å². The molecule has 2 aromatic heterocycles. The molecule has 0 amide bonds. The second kappa shape index (κ2) is 11.7. The Morgan fingerprint density at radius 1 is 1.15 bits per heavy atom. The largest absolute Gasteiger partial charge is 0.495 e. The van der Waals surface area contributed by atoms with E-state index in [9.17, 15) is 18.0 Å². The van der Waals surface area contributed by atoms with Crippen molar-refractivity contribution in [2.75, 3.05) is 13.7 Å². The Bertz CT molecular complexity index is 1580. The maximum atomic E-state index is 14.2. The van der Waals surface area contributed by atoms with Gasteiger partial charge in [-0.05, 0) is 31.2 Å². The first-order valence-electron chi connectivity index (χ1n) is 12.4. The fourth-order valence-electron chi connectivity index (χ4n) is 4.51. The molecule has 1 aliphatic rings. The molecule has 0 radical (unpaired) electrons. The highest BCUT2D eigenvalue weighted by Gasteiger charge is 2.43. The highest BCUT2D eigenvalue weighted by atomic mass is 35.5. The van der Waals surface area contributed by atoms with Gasteiger partial charge < -0.3 is 18.7 Å². The fraction of sp³-hybridized carbons (Fsp3) is 0.346. The SMILES string of the molecule is CCOC(=O)CCc1nc(C[C@H]2O[C@H](c3cccc(OC)c3Cl)c3cc(Cl)ccc3-n3c2nnc3C(F)(F)F)no1. The smallest absolute Gasteiger partial charge is 0.452 e. The number of carbonyl (C=O) groups excluding carboxylic acids is 1. The first-order valence-corrected chi connectivity index (χ1v) is 13.1. The van der Waals surface area contributed by atoms with Gasteiger partial charge in [-0.1, -0.05) is 40.5 Å². The number of esters is 1. The number of nitrogens with zero attached hydrogens (tertiary/aromatic N) is 5. The molecule has 0 bridgehead atoms. The van der Waals surface area contributed by atoms with Crippen LogP contribution in [0.5, 0.6) is 5.75 Å². The van der Waals surface area contributed by atoms with Gasteiger partial charge in [0, 0.05) is 29.0 Å². The summed E-state index contributed by atoms with van der Waals surface area (Å²) in [5, 5.41) is 11.7. The van der Waals surface area contributed by atoms with Gasteiger partial charge in [0.2, 0.25) is 11.7 Å². The Hall–Kier alpha value is -3.68. The van der Waals surface area contributed by atoms with E-state index in [-0.39, 0.29) is 59.1 Å². The van der Waals surface area contributed by atoms with Crippen LogP contribution in [0.2, 0.25) is 10.0 Å². The molecule has 0 unspecified atom stereocenters. The lowest BCUT2D eigenvalue weighted by Crippen LogP contribution is -2.17. The Labute approximate surface area is 241 Å². The molecule has 1 aliphatic heterocycles. The molecular weight excluding hydrogens is 590 g/mol. The topological polar surface area (TPSA) is 114 Å². The van der Waals surface area contributed by atoms with E-state index in [1.807, 2.05) is 0 Å². The van der Waals surface area contributed by atoms with E-state index in [0.717, 1.165) is 4.57 Å². The van der Waals surface area contributed by atoms with Crippen LogP contribution in [0.4, 0.5) is 13.2 Å². The summed E-state index contributed by atoms with van der Waals surface area (Å²) in [6.45, 7) is 1.93. The molecule has 2 aromatic carbocycles. The first kappa shape index (κ1) is 28.8. The molecule has 15 heteroatoms. The van der Waals surface area contributed by atoms with Gasteiger partial charge in [0.1, 0.15) is 18.0 Å². The number of aromatic nitrogens is 5. The third-order valence-electron chi connectivity index (χ3n) is 6.26. The third-order valence-corrected chi connectivity index (χ3v) is 6.90. The summed E-state index contributed by atoms with van der Waals surface area (Å²) in [6, 6.07) is 9.41. The number of ether oxygens (including phenoxy) is 3. The third kappa shape index (κ3) is 5.88. The van der Waals surface area contributed by atoms with E-state index in [1.54, 1.807) is 25.1 Å². The second-order valence-electron chi connectivity index (χ2n) is 8.90. The number of rotatable bonds is 8. The number of hydrogen-bond donors (Lipinski definition) is 0.